The molecule has 0 saturated heterocycles. The topological polar surface area (TPSA) is 73.3 Å². The molecule has 59 heavy (non-hydrogen) atoms. The second-order valence-electron chi connectivity index (χ2n) is 15.0. The minimum atomic E-state index is -3.13. The normalized spacial score (nSPS) is 13.8. The molecule has 0 aliphatic carbocycles. The van der Waals surface area contributed by atoms with Gasteiger partial charge in [-0.25, -0.2) is 19.9 Å². The molecule has 9 aromatic rings. The van der Waals surface area contributed by atoms with Gasteiger partial charge in [-0.3, -0.25) is 0 Å². The number of nitrogens with zero attached hydrogens (tertiary/aromatic N) is 5. The lowest BCUT2D eigenvalue weighted by molar-refractivity contribution is 0.465. The molecule has 0 amide bonds. The van der Waals surface area contributed by atoms with Crippen LogP contribution in [0.15, 0.2) is 195 Å². The zero-order valence-corrected chi connectivity index (χ0v) is 32.6. The Balaban J connectivity index is 1.20. The van der Waals surface area contributed by atoms with Crippen molar-refractivity contribution in [1.29, 1.82) is 0 Å². The molecule has 276 valence electrons. The number of rotatable bonds is 5. The molecule has 0 spiro atoms. The number of ether oxygens (including phenoxy) is 2. The Morgan fingerprint density at radius 1 is 0.458 bits per heavy atom. The van der Waals surface area contributed by atoms with Crippen LogP contribution in [0, 0.1) is 0 Å². The molecule has 0 radical (unpaired) electrons. The van der Waals surface area contributed by atoms with Gasteiger partial charge in [0.2, 0.25) is 0 Å². The second-order valence-corrected chi connectivity index (χ2v) is 18.7. The monoisotopic (exact) mass is 773 g/mol. The molecule has 2 aromatic heterocycles. The van der Waals surface area contributed by atoms with E-state index in [2.05, 4.69) is 160 Å². The summed E-state index contributed by atoms with van der Waals surface area (Å²) in [5, 5.41) is 5.01. The van der Waals surface area contributed by atoms with Crippen molar-refractivity contribution in [3.05, 3.63) is 195 Å². The number of hydrogen-bond acceptors (Lipinski definition) is 7. The standard InChI is InChI=1S/C50H32BN5O2Si/c1-3-11-35(12-4-1)59(36-13-5-2-6-14-36)47-29-33(39-25-27-52-31-54-39)19-21-41(47)56(42-22-20-34(30-48(42)59)40-26-28-53-32-55-40)43-23-24-46-49-50(43)58-45-18-10-8-16-38(45)51(49)37-15-7-9-17-44(37)57-46/h1-32H. The van der Waals surface area contributed by atoms with Gasteiger partial charge in [0, 0.05) is 40.4 Å². The third-order valence-corrected chi connectivity index (χ3v) is 16.8. The van der Waals surface area contributed by atoms with Crippen LogP contribution in [-0.2, 0) is 0 Å². The number of fused-ring (bicyclic) bond motifs is 6. The number of hydrogen-bond donors (Lipinski definition) is 0. The van der Waals surface area contributed by atoms with E-state index in [1.165, 1.54) is 20.7 Å². The Kier molecular flexibility index (Phi) is 7.51. The lowest BCUT2D eigenvalue weighted by Gasteiger charge is -2.46. The summed E-state index contributed by atoms with van der Waals surface area (Å²) >= 11 is 0. The first-order valence-corrected chi connectivity index (χ1v) is 21.7. The van der Waals surface area contributed by atoms with Gasteiger partial charge in [0.15, 0.2) is 8.07 Å². The van der Waals surface area contributed by atoms with E-state index in [1.54, 1.807) is 25.0 Å². The van der Waals surface area contributed by atoms with Gasteiger partial charge in [0.05, 0.1) is 17.1 Å². The van der Waals surface area contributed by atoms with Crippen molar-refractivity contribution in [2.75, 3.05) is 4.90 Å². The minimum absolute atomic E-state index is 0.0686. The Labute approximate surface area is 342 Å². The average molecular weight is 774 g/mol. The van der Waals surface area contributed by atoms with Crippen LogP contribution < -0.4 is 51.5 Å². The quantitative estimate of drug-likeness (QED) is 0.185. The third-order valence-electron chi connectivity index (χ3n) is 12.0. The molecule has 7 aromatic carbocycles. The molecule has 0 saturated carbocycles. The Hall–Kier alpha value is -7.62. The maximum atomic E-state index is 7.12. The van der Waals surface area contributed by atoms with Crippen molar-refractivity contribution >= 4 is 69.0 Å². The highest BCUT2D eigenvalue weighted by Gasteiger charge is 2.50. The summed E-state index contributed by atoms with van der Waals surface area (Å²) in [5.74, 6) is 3.29. The molecule has 0 fully saturated rings. The zero-order valence-electron chi connectivity index (χ0n) is 31.6. The number of para-hydroxylation sites is 2. The minimum Gasteiger partial charge on any atom is -0.458 e. The first-order chi connectivity index (χ1) is 29.3. The van der Waals surface area contributed by atoms with Crippen molar-refractivity contribution in [2.24, 2.45) is 0 Å². The smallest absolute Gasteiger partial charge is 0.260 e. The van der Waals surface area contributed by atoms with E-state index in [4.69, 9.17) is 19.4 Å². The van der Waals surface area contributed by atoms with Crippen LogP contribution in [0.5, 0.6) is 23.0 Å². The van der Waals surface area contributed by atoms with Crippen molar-refractivity contribution in [2.45, 2.75) is 0 Å². The van der Waals surface area contributed by atoms with E-state index in [-0.39, 0.29) is 6.71 Å². The molecule has 7 nitrogen and oxygen atoms in total. The van der Waals surface area contributed by atoms with E-state index in [0.717, 1.165) is 79.0 Å². The average Bonchev–Trinajstić information content (AvgIpc) is 3.32. The fourth-order valence-corrected chi connectivity index (χ4v) is 14.7. The summed E-state index contributed by atoms with van der Waals surface area (Å²) in [5.41, 5.74) is 10.1. The lowest BCUT2D eigenvalue weighted by atomic mass is 9.35. The number of aromatic nitrogens is 4. The summed E-state index contributed by atoms with van der Waals surface area (Å²) in [6.07, 6.45) is 6.85. The second kappa shape index (κ2) is 13.2. The first kappa shape index (κ1) is 33.5. The Morgan fingerprint density at radius 3 is 1.51 bits per heavy atom. The molecular weight excluding hydrogens is 741 g/mol. The van der Waals surface area contributed by atoms with E-state index in [1.807, 2.05) is 24.3 Å². The molecule has 0 atom stereocenters. The molecule has 3 aliphatic heterocycles. The molecule has 12 rings (SSSR count). The zero-order chi connectivity index (χ0) is 38.9. The van der Waals surface area contributed by atoms with Gasteiger partial charge in [-0.1, -0.05) is 121 Å². The number of benzene rings is 7. The van der Waals surface area contributed by atoms with Gasteiger partial charge in [0.1, 0.15) is 35.7 Å². The first-order valence-electron chi connectivity index (χ1n) is 19.7. The predicted octanol–water partition coefficient (Wildman–Crippen LogP) is 6.49. The van der Waals surface area contributed by atoms with Crippen molar-refractivity contribution in [1.82, 2.24) is 19.9 Å². The van der Waals surface area contributed by atoms with Gasteiger partial charge in [-0.05, 0) is 80.2 Å². The molecule has 9 heteroatoms. The third kappa shape index (κ3) is 5.01. The SMILES string of the molecule is c1ccc([Si]2(c3ccccc3)c3cc(-c4ccncn4)ccc3N(c3ccc4c5c3Oc3ccccc3B5c3ccccc3O4)c3ccc(-c4ccncn4)cc32)cc1. The fraction of sp³-hybridized carbons (Fsp3) is 0. The highest BCUT2D eigenvalue weighted by atomic mass is 28.3. The molecule has 5 heterocycles. The molecular formula is C50H32BN5O2Si. The predicted molar refractivity (Wildman–Crippen MR) is 238 cm³/mol. The molecule has 0 N–H and O–H groups in total. The van der Waals surface area contributed by atoms with E-state index in [0.29, 0.717) is 0 Å². The maximum Gasteiger partial charge on any atom is 0.260 e. The Morgan fingerprint density at radius 2 is 0.966 bits per heavy atom. The highest BCUT2D eigenvalue weighted by Crippen LogP contribution is 2.47. The summed E-state index contributed by atoms with van der Waals surface area (Å²) in [6.45, 7) is -0.0686. The van der Waals surface area contributed by atoms with Crippen LogP contribution in [0.1, 0.15) is 0 Å². The summed E-state index contributed by atoms with van der Waals surface area (Å²) in [4.78, 5) is 20.4. The van der Waals surface area contributed by atoms with Gasteiger partial charge < -0.3 is 14.4 Å². The van der Waals surface area contributed by atoms with Crippen molar-refractivity contribution in [3.63, 3.8) is 0 Å². The van der Waals surface area contributed by atoms with Gasteiger partial charge >= 0.3 is 0 Å². The Bertz CT molecular complexity index is 2940. The van der Waals surface area contributed by atoms with Gasteiger partial charge in [-0.15, -0.1) is 0 Å². The van der Waals surface area contributed by atoms with E-state index < -0.39 is 8.07 Å². The van der Waals surface area contributed by atoms with Crippen LogP contribution in [0.4, 0.5) is 17.1 Å². The number of anilines is 3. The molecule has 3 aliphatic rings. The highest BCUT2D eigenvalue weighted by molar-refractivity contribution is 7.21. The summed E-state index contributed by atoms with van der Waals surface area (Å²) in [7, 11) is -3.13. The summed E-state index contributed by atoms with van der Waals surface area (Å²) < 4.78 is 13.8. The van der Waals surface area contributed by atoms with Crippen LogP contribution >= 0.6 is 0 Å². The van der Waals surface area contributed by atoms with Crippen LogP contribution in [-0.4, -0.2) is 34.7 Å². The largest absolute Gasteiger partial charge is 0.458 e. The summed E-state index contributed by atoms with van der Waals surface area (Å²) in [6, 6.07) is 60.7. The van der Waals surface area contributed by atoms with Crippen LogP contribution in [0.3, 0.4) is 0 Å². The molecule has 0 bridgehead atoms. The van der Waals surface area contributed by atoms with Gasteiger partial charge in [0.25, 0.3) is 6.71 Å². The molecule has 0 unspecified atom stereocenters. The fourth-order valence-electron chi connectivity index (χ4n) is 9.55. The maximum absolute atomic E-state index is 7.12. The van der Waals surface area contributed by atoms with E-state index >= 15 is 0 Å². The van der Waals surface area contributed by atoms with Crippen LogP contribution in [0.25, 0.3) is 22.5 Å². The lowest BCUT2D eigenvalue weighted by Crippen LogP contribution is -2.77. The van der Waals surface area contributed by atoms with Crippen molar-refractivity contribution in [3.8, 4) is 45.5 Å². The van der Waals surface area contributed by atoms with Gasteiger partial charge in [-0.2, -0.15) is 0 Å². The van der Waals surface area contributed by atoms with Crippen LogP contribution in [0.2, 0.25) is 0 Å². The van der Waals surface area contributed by atoms with Crippen molar-refractivity contribution < 1.29 is 9.47 Å². The van der Waals surface area contributed by atoms with E-state index in [9.17, 15) is 0 Å².